The Morgan fingerprint density at radius 2 is 1.67 bits per heavy atom. The lowest BCUT2D eigenvalue weighted by molar-refractivity contribution is 0.102. The van der Waals surface area contributed by atoms with Crippen LogP contribution >= 0.6 is 39.1 Å². The van der Waals surface area contributed by atoms with Gasteiger partial charge in [0.15, 0.2) is 0 Å². The van der Waals surface area contributed by atoms with Crippen molar-refractivity contribution in [3.8, 4) is 5.75 Å². The third-order valence-corrected chi connectivity index (χ3v) is 6.98. The van der Waals surface area contributed by atoms with Crippen LogP contribution in [0.1, 0.15) is 10.4 Å². The molecule has 3 aromatic rings. The van der Waals surface area contributed by atoms with E-state index < -0.39 is 21.6 Å². The number of benzene rings is 3. The van der Waals surface area contributed by atoms with E-state index in [9.17, 15) is 17.6 Å². The molecule has 0 saturated heterocycles. The number of rotatable bonds is 5. The minimum atomic E-state index is -3.95. The molecule has 3 aromatic carbocycles. The number of hydrogen-bond donors (Lipinski definition) is 1. The number of methoxy groups -OCH3 is 1. The van der Waals surface area contributed by atoms with E-state index >= 15 is 0 Å². The van der Waals surface area contributed by atoms with E-state index in [0.717, 1.165) is 24.3 Å². The van der Waals surface area contributed by atoms with Crippen molar-refractivity contribution in [2.75, 3.05) is 12.4 Å². The van der Waals surface area contributed by atoms with Gasteiger partial charge in [0, 0.05) is 5.02 Å². The number of amides is 1. The standard InChI is InChI=1S/C20H13BrCl2FNO4S/c1-29-19-15(8-11(22)9-16(19)21)20(26)25-18-10-14(6-7-17(18)23)30(27,28)13-4-2-12(24)3-5-13/h2-10H,1H3,(H,25,26)/i24-1. The van der Waals surface area contributed by atoms with Crippen molar-refractivity contribution >= 4 is 60.6 Å². The molecule has 0 saturated carbocycles. The van der Waals surface area contributed by atoms with Gasteiger partial charge in [-0.1, -0.05) is 23.2 Å². The van der Waals surface area contributed by atoms with Crippen molar-refractivity contribution in [2.45, 2.75) is 9.79 Å². The maximum atomic E-state index is 13.1. The highest BCUT2D eigenvalue weighted by Crippen LogP contribution is 2.34. The van der Waals surface area contributed by atoms with Gasteiger partial charge in [0.05, 0.1) is 37.6 Å². The Labute approximate surface area is 190 Å². The first-order valence-corrected chi connectivity index (χ1v) is 11.3. The summed E-state index contributed by atoms with van der Waals surface area (Å²) in [6, 6.07) is 11.3. The van der Waals surface area contributed by atoms with E-state index in [1.807, 2.05) is 0 Å². The van der Waals surface area contributed by atoms with Gasteiger partial charge >= 0.3 is 0 Å². The minimum Gasteiger partial charge on any atom is -0.495 e. The molecule has 0 atom stereocenters. The van der Waals surface area contributed by atoms with Gasteiger partial charge in [-0.15, -0.1) is 0 Å². The highest BCUT2D eigenvalue weighted by molar-refractivity contribution is 9.10. The molecule has 10 heteroatoms. The lowest BCUT2D eigenvalue weighted by Crippen LogP contribution is -2.14. The van der Waals surface area contributed by atoms with Crippen LogP contribution in [0.2, 0.25) is 10.0 Å². The highest BCUT2D eigenvalue weighted by Gasteiger charge is 2.21. The number of carbonyl (C=O) groups is 1. The molecule has 0 bridgehead atoms. The number of nitrogens with one attached hydrogen (secondary N) is 1. The lowest BCUT2D eigenvalue weighted by Gasteiger charge is -2.13. The molecule has 0 unspecified atom stereocenters. The van der Waals surface area contributed by atoms with E-state index in [1.54, 1.807) is 6.07 Å². The highest BCUT2D eigenvalue weighted by atomic mass is 79.9. The molecule has 0 radical (unpaired) electrons. The molecular formula is C20H13BrCl2FNO4S. The molecule has 3 rings (SSSR count). The zero-order valence-corrected chi connectivity index (χ0v) is 19.2. The number of halogens is 4. The first-order chi connectivity index (χ1) is 14.1. The molecule has 0 aliphatic carbocycles. The van der Waals surface area contributed by atoms with Crippen LogP contribution in [0.25, 0.3) is 0 Å². The van der Waals surface area contributed by atoms with Crippen molar-refractivity contribution in [3.63, 3.8) is 0 Å². The average Bonchev–Trinajstić information content (AvgIpc) is 2.69. The van der Waals surface area contributed by atoms with E-state index in [2.05, 4.69) is 21.2 Å². The Bertz CT molecular complexity index is 1230. The van der Waals surface area contributed by atoms with Gasteiger partial charge < -0.3 is 10.1 Å². The minimum absolute atomic E-state index is 0.0722. The van der Waals surface area contributed by atoms with E-state index in [-0.39, 0.29) is 31.8 Å². The van der Waals surface area contributed by atoms with Crippen LogP contribution in [0.3, 0.4) is 0 Å². The van der Waals surface area contributed by atoms with Crippen molar-refractivity contribution in [2.24, 2.45) is 0 Å². The van der Waals surface area contributed by atoms with Crippen LogP contribution in [0, 0.1) is 5.82 Å². The van der Waals surface area contributed by atoms with Crippen molar-refractivity contribution in [3.05, 3.63) is 80.5 Å². The Kier molecular flexibility index (Phi) is 6.71. The fourth-order valence-corrected chi connectivity index (χ4v) is 5.07. The lowest BCUT2D eigenvalue weighted by atomic mass is 10.2. The molecule has 5 nitrogen and oxygen atoms in total. The molecule has 0 spiro atoms. The Balaban J connectivity index is 1.99. The van der Waals surface area contributed by atoms with Crippen molar-refractivity contribution in [1.29, 1.82) is 0 Å². The van der Waals surface area contributed by atoms with Crippen LogP contribution in [0.5, 0.6) is 5.75 Å². The number of sulfone groups is 1. The second-order valence-electron chi connectivity index (χ2n) is 6.02. The van der Waals surface area contributed by atoms with Crippen molar-refractivity contribution in [1.82, 2.24) is 0 Å². The molecule has 0 aliphatic rings. The smallest absolute Gasteiger partial charge is 0.259 e. The van der Waals surface area contributed by atoms with Crippen LogP contribution in [0.15, 0.2) is 68.9 Å². The predicted molar refractivity (Wildman–Crippen MR) is 117 cm³/mol. The molecular weight excluding hydrogens is 519 g/mol. The first kappa shape index (κ1) is 22.6. The summed E-state index contributed by atoms with van der Waals surface area (Å²) < 4.78 is 44.5. The van der Waals surface area contributed by atoms with Crippen LogP contribution in [-0.4, -0.2) is 21.4 Å². The summed E-state index contributed by atoms with van der Waals surface area (Å²) in [5.74, 6) is -0.906. The largest absolute Gasteiger partial charge is 0.495 e. The predicted octanol–water partition coefficient (Wildman–Crippen LogP) is 5.99. The maximum absolute atomic E-state index is 13.1. The quantitative estimate of drug-likeness (QED) is 0.410. The Morgan fingerprint density at radius 3 is 2.30 bits per heavy atom. The third kappa shape index (κ3) is 4.62. The summed E-state index contributed by atoms with van der Waals surface area (Å²) >= 11 is 15.5. The Hall–Kier alpha value is -2.13. The summed E-state index contributed by atoms with van der Waals surface area (Å²) in [4.78, 5) is 12.6. The molecule has 1 amide bonds. The van der Waals surface area contributed by atoms with Crippen LogP contribution < -0.4 is 10.1 Å². The van der Waals surface area contributed by atoms with E-state index in [0.29, 0.717) is 9.50 Å². The Morgan fingerprint density at radius 1 is 1.03 bits per heavy atom. The van der Waals surface area contributed by atoms with Crippen LogP contribution in [-0.2, 0) is 9.84 Å². The van der Waals surface area contributed by atoms with Gasteiger partial charge in [0.1, 0.15) is 11.6 Å². The summed E-state index contributed by atoms with van der Waals surface area (Å²) in [5.41, 5.74) is 0.197. The molecule has 1 N–H and O–H groups in total. The van der Waals surface area contributed by atoms with Gasteiger partial charge in [-0.3, -0.25) is 4.79 Å². The van der Waals surface area contributed by atoms with Gasteiger partial charge in [0.25, 0.3) is 5.91 Å². The van der Waals surface area contributed by atoms with Gasteiger partial charge in [-0.25, -0.2) is 12.8 Å². The number of carbonyl (C=O) groups excluding carboxylic acids is 1. The van der Waals surface area contributed by atoms with Crippen LogP contribution in [0.4, 0.5) is 10.1 Å². The summed E-state index contributed by atoms with van der Waals surface area (Å²) in [7, 11) is -2.56. The monoisotopic (exact) mass is 530 g/mol. The number of hydrogen-bond acceptors (Lipinski definition) is 4. The fourth-order valence-electron chi connectivity index (χ4n) is 2.64. The maximum Gasteiger partial charge on any atom is 0.259 e. The molecule has 156 valence electrons. The van der Waals surface area contributed by atoms with Gasteiger partial charge in [-0.2, -0.15) is 0 Å². The van der Waals surface area contributed by atoms with E-state index in [1.165, 1.54) is 31.4 Å². The second-order valence-corrected chi connectivity index (χ2v) is 9.67. The normalized spacial score (nSPS) is 11.2. The first-order valence-electron chi connectivity index (χ1n) is 8.28. The number of anilines is 1. The fraction of sp³-hybridized carbons (Fsp3) is 0.0500. The number of ether oxygens (including phenoxy) is 1. The van der Waals surface area contributed by atoms with E-state index in [4.69, 9.17) is 27.9 Å². The molecule has 30 heavy (non-hydrogen) atoms. The molecule has 0 heterocycles. The third-order valence-electron chi connectivity index (χ3n) is 4.08. The molecule has 0 aromatic heterocycles. The molecule has 0 aliphatic heterocycles. The second kappa shape index (κ2) is 8.93. The summed E-state index contributed by atoms with van der Waals surface area (Å²) in [5, 5.41) is 3.00. The van der Waals surface area contributed by atoms with Crippen molar-refractivity contribution < 1.29 is 22.3 Å². The summed E-state index contributed by atoms with van der Waals surface area (Å²) in [6.45, 7) is 0. The zero-order chi connectivity index (χ0) is 22.1. The topological polar surface area (TPSA) is 72.5 Å². The van der Waals surface area contributed by atoms with Gasteiger partial charge in [-0.05, 0) is 70.5 Å². The SMILES string of the molecule is COc1c(Br)cc(Cl)cc1C(=O)Nc1cc(S(=O)(=O)c2ccc([18F])cc2)ccc1Cl. The van der Waals surface area contributed by atoms with Gasteiger partial charge in [0.2, 0.25) is 9.84 Å². The average molecular weight is 532 g/mol. The summed E-state index contributed by atoms with van der Waals surface area (Å²) in [6.07, 6.45) is 0. The molecule has 0 fully saturated rings. The zero-order valence-electron chi connectivity index (χ0n) is 15.2.